The lowest BCUT2D eigenvalue weighted by Gasteiger charge is -1.99. The Balaban J connectivity index is 3.60. The van der Waals surface area contributed by atoms with Gasteiger partial charge in [0.25, 0.3) is 0 Å². The first-order chi connectivity index (χ1) is 4.85. The lowest BCUT2D eigenvalue weighted by Crippen LogP contribution is -2.03. The largest absolute Gasteiger partial charge is 0.394 e. The van der Waals surface area contributed by atoms with Crippen molar-refractivity contribution in [2.24, 2.45) is 0 Å². The van der Waals surface area contributed by atoms with Crippen LogP contribution >= 0.6 is 0 Å². The molecule has 2 N–H and O–H groups in total. The standard InChI is InChI=1S/C7H14N2O/c1-3-10-6-7(4-8)5-9-2/h4-5,8-9H,3,6H2,1-2H3/b7-5+,8-4?. The maximum absolute atomic E-state index is 6.93. The lowest BCUT2D eigenvalue weighted by atomic mass is 10.3. The Morgan fingerprint density at radius 2 is 2.40 bits per heavy atom. The van der Waals surface area contributed by atoms with E-state index in [1.54, 1.807) is 13.2 Å². The first-order valence-electron chi connectivity index (χ1n) is 3.29. The summed E-state index contributed by atoms with van der Waals surface area (Å²) in [4.78, 5) is 0. The number of rotatable bonds is 5. The van der Waals surface area contributed by atoms with Gasteiger partial charge in [-0.25, -0.2) is 0 Å². The molecule has 0 saturated heterocycles. The van der Waals surface area contributed by atoms with E-state index in [-0.39, 0.29) is 0 Å². The first-order valence-corrected chi connectivity index (χ1v) is 3.29. The molecule has 58 valence electrons. The van der Waals surface area contributed by atoms with Crippen LogP contribution in [0, 0.1) is 5.41 Å². The van der Waals surface area contributed by atoms with Gasteiger partial charge >= 0.3 is 0 Å². The molecule has 3 heteroatoms. The van der Waals surface area contributed by atoms with Gasteiger partial charge in [-0.2, -0.15) is 0 Å². The smallest absolute Gasteiger partial charge is 0.0745 e. The SMILES string of the molecule is CCOC/C(C=N)=C/NC. The van der Waals surface area contributed by atoms with E-state index in [1.165, 1.54) is 6.21 Å². The molecule has 0 aromatic rings. The zero-order chi connectivity index (χ0) is 7.82. The molecule has 0 spiro atoms. The van der Waals surface area contributed by atoms with Gasteiger partial charge in [0, 0.05) is 31.6 Å². The van der Waals surface area contributed by atoms with E-state index in [9.17, 15) is 0 Å². The number of hydrogen-bond acceptors (Lipinski definition) is 3. The van der Waals surface area contributed by atoms with E-state index in [4.69, 9.17) is 10.1 Å². The molecular weight excluding hydrogens is 128 g/mol. The maximum atomic E-state index is 6.93. The monoisotopic (exact) mass is 142 g/mol. The van der Waals surface area contributed by atoms with Crippen LogP contribution in [0.4, 0.5) is 0 Å². The van der Waals surface area contributed by atoms with Crippen LogP contribution < -0.4 is 5.32 Å². The summed E-state index contributed by atoms with van der Waals surface area (Å²) in [6, 6.07) is 0. The Labute approximate surface area is 61.6 Å². The van der Waals surface area contributed by atoms with Gasteiger partial charge in [0.2, 0.25) is 0 Å². The Kier molecular flexibility index (Phi) is 5.77. The van der Waals surface area contributed by atoms with Crippen LogP contribution in [0.2, 0.25) is 0 Å². The average molecular weight is 142 g/mol. The first kappa shape index (κ1) is 9.17. The van der Waals surface area contributed by atoms with Gasteiger partial charge in [-0.15, -0.1) is 0 Å². The van der Waals surface area contributed by atoms with Gasteiger partial charge < -0.3 is 15.5 Å². The molecular formula is C7H14N2O. The summed E-state index contributed by atoms with van der Waals surface area (Å²) >= 11 is 0. The summed E-state index contributed by atoms with van der Waals surface area (Å²) in [5.41, 5.74) is 0.851. The fourth-order valence-corrected chi connectivity index (χ4v) is 0.530. The Morgan fingerprint density at radius 1 is 1.70 bits per heavy atom. The van der Waals surface area contributed by atoms with Crippen LogP contribution in [-0.4, -0.2) is 26.5 Å². The zero-order valence-electron chi connectivity index (χ0n) is 6.48. The molecule has 0 amide bonds. The van der Waals surface area contributed by atoms with Gasteiger partial charge in [-0.1, -0.05) is 0 Å². The highest BCUT2D eigenvalue weighted by Crippen LogP contribution is 1.88. The van der Waals surface area contributed by atoms with Crippen LogP contribution in [0.15, 0.2) is 11.8 Å². The van der Waals surface area contributed by atoms with Gasteiger partial charge in [-0.3, -0.25) is 0 Å². The molecule has 0 aromatic heterocycles. The number of nitrogens with one attached hydrogen (secondary N) is 2. The Bertz CT molecular complexity index is 121. The van der Waals surface area contributed by atoms with E-state index in [2.05, 4.69) is 5.32 Å². The van der Waals surface area contributed by atoms with Crippen molar-refractivity contribution in [1.82, 2.24) is 5.32 Å². The number of ether oxygens (including phenoxy) is 1. The third kappa shape index (κ3) is 4.09. The molecule has 0 atom stereocenters. The Hall–Kier alpha value is -0.830. The van der Waals surface area contributed by atoms with Crippen LogP contribution in [0.3, 0.4) is 0 Å². The normalized spacial score (nSPS) is 11.2. The molecule has 0 heterocycles. The van der Waals surface area contributed by atoms with Crippen molar-refractivity contribution >= 4 is 6.21 Å². The topological polar surface area (TPSA) is 45.1 Å². The minimum absolute atomic E-state index is 0.515. The number of hydrogen-bond donors (Lipinski definition) is 2. The van der Waals surface area contributed by atoms with E-state index >= 15 is 0 Å². The van der Waals surface area contributed by atoms with Crippen molar-refractivity contribution in [1.29, 1.82) is 5.41 Å². The van der Waals surface area contributed by atoms with Crippen LogP contribution in [0.25, 0.3) is 0 Å². The van der Waals surface area contributed by atoms with Gasteiger partial charge in [0.05, 0.1) is 6.61 Å². The van der Waals surface area contributed by atoms with Crippen molar-refractivity contribution in [2.45, 2.75) is 6.92 Å². The zero-order valence-corrected chi connectivity index (χ0v) is 6.48. The molecule has 0 aromatic carbocycles. The third-order valence-corrected chi connectivity index (χ3v) is 0.988. The van der Waals surface area contributed by atoms with Gasteiger partial charge in [-0.05, 0) is 6.92 Å². The average Bonchev–Trinajstić information content (AvgIpc) is 1.98. The third-order valence-electron chi connectivity index (χ3n) is 0.988. The van der Waals surface area contributed by atoms with Crippen molar-refractivity contribution in [2.75, 3.05) is 20.3 Å². The van der Waals surface area contributed by atoms with Crippen LogP contribution in [0.1, 0.15) is 6.92 Å². The van der Waals surface area contributed by atoms with Gasteiger partial charge in [0.15, 0.2) is 0 Å². The Morgan fingerprint density at radius 3 is 2.80 bits per heavy atom. The lowest BCUT2D eigenvalue weighted by molar-refractivity contribution is 0.174. The molecule has 3 nitrogen and oxygen atoms in total. The summed E-state index contributed by atoms with van der Waals surface area (Å²) in [6.45, 7) is 3.14. The quantitative estimate of drug-likeness (QED) is 0.557. The van der Waals surface area contributed by atoms with E-state index in [0.717, 1.165) is 5.57 Å². The maximum Gasteiger partial charge on any atom is 0.0745 e. The van der Waals surface area contributed by atoms with Crippen molar-refractivity contribution < 1.29 is 4.74 Å². The summed E-state index contributed by atoms with van der Waals surface area (Å²) in [7, 11) is 1.80. The van der Waals surface area contributed by atoms with E-state index in [0.29, 0.717) is 13.2 Å². The summed E-state index contributed by atoms with van der Waals surface area (Å²) in [6.07, 6.45) is 3.04. The molecule has 0 aliphatic heterocycles. The van der Waals surface area contributed by atoms with Crippen molar-refractivity contribution in [3.63, 3.8) is 0 Å². The predicted octanol–water partition coefficient (Wildman–Crippen LogP) is 0.776. The molecule has 0 rings (SSSR count). The minimum Gasteiger partial charge on any atom is -0.394 e. The van der Waals surface area contributed by atoms with E-state index < -0.39 is 0 Å². The highest BCUT2D eigenvalue weighted by molar-refractivity contribution is 5.75. The van der Waals surface area contributed by atoms with Gasteiger partial charge in [0.1, 0.15) is 0 Å². The molecule has 0 radical (unpaired) electrons. The fourth-order valence-electron chi connectivity index (χ4n) is 0.530. The molecule has 0 unspecified atom stereocenters. The van der Waals surface area contributed by atoms with Crippen molar-refractivity contribution in [3.05, 3.63) is 11.8 Å². The molecule has 0 aliphatic rings. The molecule has 0 fully saturated rings. The molecule has 0 saturated carbocycles. The minimum atomic E-state index is 0.515. The summed E-state index contributed by atoms with van der Waals surface area (Å²) in [5.74, 6) is 0. The second-order valence-electron chi connectivity index (χ2n) is 1.79. The second-order valence-corrected chi connectivity index (χ2v) is 1.79. The molecule has 0 aliphatic carbocycles. The highest BCUT2D eigenvalue weighted by atomic mass is 16.5. The summed E-state index contributed by atoms with van der Waals surface area (Å²) in [5, 5.41) is 9.76. The second kappa shape index (κ2) is 6.29. The highest BCUT2D eigenvalue weighted by Gasteiger charge is 1.89. The molecule has 10 heavy (non-hydrogen) atoms. The summed E-state index contributed by atoms with van der Waals surface area (Å²) < 4.78 is 5.08. The van der Waals surface area contributed by atoms with Crippen molar-refractivity contribution in [3.8, 4) is 0 Å². The molecule has 0 bridgehead atoms. The fraction of sp³-hybridized carbons (Fsp3) is 0.571. The van der Waals surface area contributed by atoms with E-state index in [1.807, 2.05) is 6.92 Å². The predicted molar refractivity (Wildman–Crippen MR) is 42.4 cm³/mol. The van der Waals surface area contributed by atoms with Crippen LogP contribution in [-0.2, 0) is 4.74 Å². The van der Waals surface area contributed by atoms with Crippen LogP contribution in [0.5, 0.6) is 0 Å².